The molecule has 0 spiro atoms. The number of sulfonamides is 1. The molecule has 0 bridgehead atoms. The maximum atomic E-state index is 12.4. The summed E-state index contributed by atoms with van der Waals surface area (Å²) in [5.74, 6) is -0.237. The van der Waals surface area contributed by atoms with Gasteiger partial charge in [0.2, 0.25) is 15.9 Å². The number of hydrogen-bond donors (Lipinski definition) is 1. The molecule has 1 saturated heterocycles. The molecule has 3 rings (SSSR count). The molecule has 1 amide bonds. The molecule has 138 valence electrons. The number of nitrogens with one attached hydrogen (secondary N) is 1. The fraction of sp³-hybridized carbons (Fsp3) is 0.611. The van der Waals surface area contributed by atoms with Gasteiger partial charge in [-0.05, 0) is 44.2 Å². The second-order valence-electron chi connectivity index (χ2n) is 7.17. The standard InChI is InChI=1S/C18H27N3O3S/c1-14-5-3-4-6-17(14)21(25(2,23)24)13-18(22)19-15-9-11-20(12-10-15)16-7-8-16/h3-6,15-16H,7-13H2,1-2H3,(H,19,22). The summed E-state index contributed by atoms with van der Waals surface area (Å²) >= 11 is 0. The molecular formula is C18H27N3O3S. The highest BCUT2D eigenvalue weighted by Crippen LogP contribution is 2.29. The van der Waals surface area contributed by atoms with E-state index in [-0.39, 0.29) is 18.5 Å². The third kappa shape index (κ3) is 4.73. The van der Waals surface area contributed by atoms with E-state index in [1.54, 1.807) is 12.1 Å². The summed E-state index contributed by atoms with van der Waals surface area (Å²) < 4.78 is 25.5. The average Bonchev–Trinajstić information content (AvgIpc) is 3.38. The van der Waals surface area contributed by atoms with Crippen molar-refractivity contribution in [2.45, 2.75) is 44.7 Å². The van der Waals surface area contributed by atoms with Gasteiger partial charge in [0.25, 0.3) is 0 Å². The van der Waals surface area contributed by atoms with Crippen LogP contribution in [-0.2, 0) is 14.8 Å². The molecule has 1 saturated carbocycles. The Kier molecular flexibility index (Phi) is 5.34. The minimum Gasteiger partial charge on any atom is -0.352 e. The first-order valence-electron chi connectivity index (χ1n) is 8.91. The number of carbonyl (C=O) groups is 1. The zero-order chi connectivity index (χ0) is 18.0. The fourth-order valence-electron chi connectivity index (χ4n) is 3.48. The smallest absolute Gasteiger partial charge is 0.240 e. The van der Waals surface area contributed by atoms with Crippen molar-refractivity contribution in [3.05, 3.63) is 29.8 Å². The van der Waals surface area contributed by atoms with Gasteiger partial charge in [0.15, 0.2) is 0 Å². The number of rotatable bonds is 6. The van der Waals surface area contributed by atoms with Gasteiger partial charge in [0.1, 0.15) is 6.54 Å². The molecule has 6 nitrogen and oxygen atoms in total. The van der Waals surface area contributed by atoms with E-state index in [9.17, 15) is 13.2 Å². The molecule has 0 atom stereocenters. The van der Waals surface area contributed by atoms with E-state index in [1.807, 2.05) is 19.1 Å². The van der Waals surface area contributed by atoms with Crippen LogP contribution in [0.15, 0.2) is 24.3 Å². The van der Waals surface area contributed by atoms with Crippen LogP contribution in [0.25, 0.3) is 0 Å². The summed E-state index contributed by atoms with van der Waals surface area (Å²) in [6.07, 6.45) is 5.62. The molecule has 1 N–H and O–H groups in total. The van der Waals surface area contributed by atoms with Gasteiger partial charge in [-0.15, -0.1) is 0 Å². The number of benzene rings is 1. The van der Waals surface area contributed by atoms with Crippen molar-refractivity contribution in [3.8, 4) is 0 Å². The van der Waals surface area contributed by atoms with Crippen LogP contribution >= 0.6 is 0 Å². The number of nitrogens with zero attached hydrogens (tertiary/aromatic N) is 2. The van der Waals surface area contributed by atoms with Crippen molar-refractivity contribution in [3.63, 3.8) is 0 Å². The predicted molar refractivity (Wildman–Crippen MR) is 99.1 cm³/mol. The number of carbonyl (C=O) groups excluding carboxylic acids is 1. The Hall–Kier alpha value is -1.60. The first-order valence-corrected chi connectivity index (χ1v) is 10.8. The molecule has 0 radical (unpaired) electrons. The Morgan fingerprint density at radius 1 is 1.20 bits per heavy atom. The van der Waals surface area contributed by atoms with Crippen LogP contribution in [0.1, 0.15) is 31.2 Å². The van der Waals surface area contributed by atoms with Crippen LogP contribution in [-0.4, -0.2) is 57.2 Å². The Morgan fingerprint density at radius 3 is 2.40 bits per heavy atom. The number of amides is 1. The number of anilines is 1. The van der Waals surface area contributed by atoms with Crippen LogP contribution in [0.4, 0.5) is 5.69 Å². The Morgan fingerprint density at radius 2 is 1.84 bits per heavy atom. The third-order valence-corrected chi connectivity index (χ3v) is 6.16. The highest BCUT2D eigenvalue weighted by molar-refractivity contribution is 7.92. The minimum absolute atomic E-state index is 0.140. The normalized spacial score (nSPS) is 19.6. The molecule has 1 heterocycles. The van der Waals surface area contributed by atoms with Gasteiger partial charge in [-0.2, -0.15) is 0 Å². The van der Waals surface area contributed by atoms with E-state index in [4.69, 9.17) is 0 Å². The van der Waals surface area contributed by atoms with Crippen molar-refractivity contribution < 1.29 is 13.2 Å². The average molecular weight is 365 g/mol. The second-order valence-corrected chi connectivity index (χ2v) is 9.07. The van der Waals surface area contributed by atoms with E-state index in [2.05, 4.69) is 10.2 Å². The molecule has 7 heteroatoms. The Labute approximate surface area is 150 Å². The molecule has 25 heavy (non-hydrogen) atoms. The zero-order valence-corrected chi connectivity index (χ0v) is 15.8. The number of piperidine rings is 1. The Bertz CT molecular complexity index is 723. The molecule has 1 aromatic carbocycles. The van der Waals surface area contributed by atoms with Crippen molar-refractivity contribution in [2.24, 2.45) is 0 Å². The molecular weight excluding hydrogens is 338 g/mol. The van der Waals surface area contributed by atoms with Gasteiger partial charge in [-0.3, -0.25) is 9.10 Å². The van der Waals surface area contributed by atoms with Crippen LogP contribution in [0, 0.1) is 6.92 Å². The molecule has 2 fully saturated rings. The molecule has 1 aliphatic carbocycles. The van der Waals surface area contributed by atoms with Gasteiger partial charge in [0.05, 0.1) is 11.9 Å². The number of aryl methyl sites for hydroxylation is 1. The molecule has 1 aliphatic heterocycles. The lowest BCUT2D eigenvalue weighted by atomic mass is 10.0. The van der Waals surface area contributed by atoms with E-state index in [0.29, 0.717) is 5.69 Å². The lowest BCUT2D eigenvalue weighted by Crippen LogP contribution is -2.48. The SMILES string of the molecule is Cc1ccccc1N(CC(=O)NC1CCN(C2CC2)CC1)S(C)(=O)=O. The summed E-state index contributed by atoms with van der Waals surface area (Å²) in [7, 11) is -3.52. The minimum atomic E-state index is -3.52. The Balaban J connectivity index is 1.60. The number of para-hydroxylation sites is 1. The first kappa shape index (κ1) is 18.2. The zero-order valence-electron chi connectivity index (χ0n) is 14.9. The van der Waals surface area contributed by atoms with Crippen LogP contribution in [0.3, 0.4) is 0 Å². The van der Waals surface area contributed by atoms with Crippen molar-refractivity contribution in [1.82, 2.24) is 10.2 Å². The summed E-state index contributed by atoms with van der Waals surface area (Å²) in [6.45, 7) is 3.71. The third-order valence-electron chi connectivity index (χ3n) is 5.03. The van der Waals surface area contributed by atoms with Gasteiger partial charge in [-0.25, -0.2) is 8.42 Å². The van der Waals surface area contributed by atoms with E-state index in [1.165, 1.54) is 17.1 Å². The van der Waals surface area contributed by atoms with E-state index < -0.39 is 10.0 Å². The maximum absolute atomic E-state index is 12.4. The molecule has 2 aliphatic rings. The van der Waals surface area contributed by atoms with E-state index >= 15 is 0 Å². The summed E-state index contributed by atoms with van der Waals surface area (Å²) in [5.41, 5.74) is 1.39. The van der Waals surface area contributed by atoms with E-state index in [0.717, 1.165) is 43.8 Å². The predicted octanol–water partition coefficient (Wildman–Crippen LogP) is 1.50. The molecule has 0 aromatic heterocycles. The second kappa shape index (κ2) is 7.33. The van der Waals surface area contributed by atoms with Gasteiger partial charge in [0, 0.05) is 25.2 Å². The van der Waals surface area contributed by atoms with Crippen molar-refractivity contribution in [2.75, 3.05) is 30.2 Å². The first-order chi connectivity index (χ1) is 11.8. The van der Waals surface area contributed by atoms with Crippen molar-refractivity contribution >= 4 is 21.6 Å². The van der Waals surface area contributed by atoms with Gasteiger partial charge >= 0.3 is 0 Å². The van der Waals surface area contributed by atoms with Gasteiger partial charge in [-0.1, -0.05) is 18.2 Å². The summed E-state index contributed by atoms with van der Waals surface area (Å²) in [4.78, 5) is 14.9. The fourth-order valence-corrected chi connectivity index (χ4v) is 4.39. The molecule has 0 unspecified atom stereocenters. The largest absolute Gasteiger partial charge is 0.352 e. The number of hydrogen-bond acceptors (Lipinski definition) is 4. The van der Waals surface area contributed by atoms with Crippen molar-refractivity contribution in [1.29, 1.82) is 0 Å². The number of likely N-dealkylation sites (tertiary alicyclic amines) is 1. The highest BCUT2D eigenvalue weighted by atomic mass is 32.2. The van der Waals surface area contributed by atoms with Gasteiger partial charge < -0.3 is 10.2 Å². The van der Waals surface area contributed by atoms with Crippen LogP contribution in [0.5, 0.6) is 0 Å². The monoisotopic (exact) mass is 365 g/mol. The topological polar surface area (TPSA) is 69.7 Å². The summed E-state index contributed by atoms with van der Waals surface area (Å²) in [5, 5.41) is 3.02. The lowest BCUT2D eigenvalue weighted by Gasteiger charge is -2.33. The highest BCUT2D eigenvalue weighted by Gasteiger charge is 2.32. The van der Waals surface area contributed by atoms with Crippen LogP contribution < -0.4 is 9.62 Å². The lowest BCUT2D eigenvalue weighted by molar-refractivity contribution is -0.120. The van der Waals surface area contributed by atoms with Crippen LogP contribution in [0.2, 0.25) is 0 Å². The summed E-state index contributed by atoms with van der Waals surface area (Å²) in [6, 6.07) is 8.12. The quantitative estimate of drug-likeness (QED) is 0.830. The molecule has 1 aromatic rings. The maximum Gasteiger partial charge on any atom is 0.240 e.